The summed E-state index contributed by atoms with van der Waals surface area (Å²) in [6.07, 6.45) is 3.31. The third-order valence-electron chi connectivity index (χ3n) is 6.24. The summed E-state index contributed by atoms with van der Waals surface area (Å²) < 4.78 is 5.47. The van der Waals surface area contributed by atoms with Crippen LogP contribution in [0, 0.1) is 25.2 Å². The van der Waals surface area contributed by atoms with E-state index >= 15 is 0 Å². The number of halogens is 1. The quantitative estimate of drug-likeness (QED) is 0.850. The van der Waals surface area contributed by atoms with E-state index in [2.05, 4.69) is 5.32 Å². The van der Waals surface area contributed by atoms with Gasteiger partial charge in [-0.3, -0.25) is 9.59 Å². The van der Waals surface area contributed by atoms with Gasteiger partial charge in [-0.05, 0) is 57.7 Å². The Balaban J connectivity index is 0.00000196. The first-order chi connectivity index (χ1) is 12.0. The number of carbonyl (C=O) groups is 2. The summed E-state index contributed by atoms with van der Waals surface area (Å²) in [7, 11) is 0. The van der Waals surface area contributed by atoms with E-state index in [4.69, 9.17) is 4.42 Å². The molecule has 26 heavy (non-hydrogen) atoms. The molecule has 3 aliphatic rings. The molecule has 1 spiro atoms. The number of aryl methyl sites for hydroxylation is 2. The third kappa shape index (κ3) is 3.37. The molecule has 1 N–H and O–H groups in total. The maximum absolute atomic E-state index is 12.8. The Morgan fingerprint density at radius 3 is 2.31 bits per heavy atom. The van der Waals surface area contributed by atoms with E-state index in [1.807, 2.05) is 23.6 Å². The minimum atomic E-state index is 0. The molecule has 1 atom stereocenters. The molecule has 1 aromatic heterocycles. The highest BCUT2D eigenvalue weighted by Crippen LogP contribution is 2.59. The molecule has 3 heterocycles. The van der Waals surface area contributed by atoms with Crippen LogP contribution >= 0.6 is 12.4 Å². The largest absolute Gasteiger partial charge is 0.466 e. The molecule has 1 saturated carbocycles. The molecule has 1 unspecified atom stereocenters. The number of rotatable bonds is 2. The maximum atomic E-state index is 12.8. The molecule has 0 radical (unpaired) electrons. The molecular weight excluding hydrogens is 354 g/mol. The first-order valence-corrected chi connectivity index (χ1v) is 9.36. The SMILES string of the molecule is Cc1cc(C(=O)N2CCN(C(=O)C3CC34CCNCC4)CC2)c(C)o1.Cl. The predicted molar refractivity (Wildman–Crippen MR) is 101 cm³/mol. The second-order valence-electron chi connectivity index (χ2n) is 7.81. The summed E-state index contributed by atoms with van der Waals surface area (Å²) in [5.74, 6) is 1.98. The molecule has 3 fully saturated rings. The molecule has 0 bridgehead atoms. The molecule has 2 saturated heterocycles. The van der Waals surface area contributed by atoms with Gasteiger partial charge in [0.15, 0.2) is 0 Å². The van der Waals surface area contributed by atoms with Crippen molar-refractivity contribution in [2.75, 3.05) is 39.3 Å². The lowest BCUT2D eigenvalue weighted by molar-refractivity contribution is -0.135. The van der Waals surface area contributed by atoms with Crippen LogP contribution in [0.3, 0.4) is 0 Å². The number of piperazine rings is 1. The molecule has 144 valence electrons. The van der Waals surface area contributed by atoms with E-state index in [9.17, 15) is 9.59 Å². The highest BCUT2D eigenvalue weighted by atomic mass is 35.5. The maximum Gasteiger partial charge on any atom is 0.257 e. The highest BCUT2D eigenvalue weighted by Gasteiger charge is 2.58. The van der Waals surface area contributed by atoms with Gasteiger partial charge >= 0.3 is 0 Å². The van der Waals surface area contributed by atoms with E-state index in [-0.39, 0.29) is 29.6 Å². The van der Waals surface area contributed by atoms with Gasteiger partial charge in [-0.2, -0.15) is 0 Å². The third-order valence-corrected chi connectivity index (χ3v) is 6.24. The molecule has 1 aromatic rings. The number of piperidine rings is 1. The van der Waals surface area contributed by atoms with E-state index < -0.39 is 0 Å². The molecule has 1 aliphatic carbocycles. The lowest BCUT2D eigenvalue weighted by Gasteiger charge is -2.35. The molecular formula is C19H28ClN3O3. The van der Waals surface area contributed by atoms with Crippen molar-refractivity contribution in [3.63, 3.8) is 0 Å². The number of hydrogen-bond donors (Lipinski definition) is 1. The standard InChI is InChI=1S/C19H27N3O3.ClH/c1-13-11-15(14(2)25-13)17(23)21-7-9-22(10-8-21)18(24)16-12-19(16)3-5-20-6-4-19;/h11,16,20H,3-10,12H2,1-2H3;1H. The van der Waals surface area contributed by atoms with Gasteiger partial charge < -0.3 is 19.5 Å². The van der Waals surface area contributed by atoms with Crippen LogP contribution < -0.4 is 5.32 Å². The number of amides is 2. The lowest BCUT2D eigenvalue weighted by Crippen LogP contribution is -2.51. The van der Waals surface area contributed by atoms with Crippen molar-refractivity contribution in [2.24, 2.45) is 11.3 Å². The summed E-state index contributed by atoms with van der Waals surface area (Å²) >= 11 is 0. The van der Waals surface area contributed by atoms with Gasteiger partial charge in [0.05, 0.1) is 5.56 Å². The van der Waals surface area contributed by atoms with E-state index in [1.54, 1.807) is 6.07 Å². The van der Waals surface area contributed by atoms with Gasteiger partial charge in [0.2, 0.25) is 5.91 Å². The van der Waals surface area contributed by atoms with Gasteiger partial charge in [0.25, 0.3) is 5.91 Å². The van der Waals surface area contributed by atoms with Crippen molar-refractivity contribution in [2.45, 2.75) is 33.1 Å². The fraction of sp³-hybridized carbons (Fsp3) is 0.684. The van der Waals surface area contributed by atoms with E-state index in [0.717, 1.165) is 38.1 Å². The van der Waals surface area contributed by atoms with Crippen molar-refractivity contribution in [3.8, 4) is 0 Å². The first-order valence-electron chi connectivity index (χ1n) is 9.36. The summed E-state index contributed by atoms with van der Waals surface area (Å²) in [4.78, 5) is 29.3. The van der Waals surface area contributed by atoms with E-state index in [1.165, 1.54) is 0 Å². The summed E-state index contributed by atoms with van der Waals surface area (Å²) in [5, 5.41) is 3.38. The summed E-state index contributed by atoms with van der Waals surface area (Å²) in [6, 6.07) is 1.81. The zero-order valence-electron chi connectivity index (χ0n) is 15.5. The normalized spacial score (nSPS) is 24.3. The van der Waals surface area contributed by atoms with E-state index in [0.29, 0.717) is 43.4 Å². The number of carbonyl (C=O) groups excluding carboxylic acids is 2. The van der Waals surface area contributed by atoms with Gasteiger partial charge in [-0.15, -0.1) is 12.4 Å². The average Bonchev–Trinajstić information content (AvgIpc) is 3.19. The molecule has 7 heteroatoms. The van der Waals surface area contributed by atoms with Crippen molar-refractivity contribution >= 4 is 24.2 Å². The number of nitrogens with one attached hydrogen (secondary N) is 1. The Morgan fingerprint density at radius 2 is 1.73 bits per heavy atom. The Bertz CT molecular complexity index is 688. The van der Waals surface area contributed by atoms with Gasteiger partial charge in [-0.1, -0.05) is 0 Å². The van der Waals surface area contributed by atoms with Crippen molar-refractivity contribution in [1.82, 2.24) is 15.1 Å². The zero-order valence-corrected chi connectivity index (χ0v) is 16.4. The van der Waals surface area contributed by atoms with Crippen LogP contribution in [-0.2, 0) is 4.79 Å². The fourth-order valence-corrected chi connectivity index (χ4v) is 4.54. The van der Waals surface area contributed by atoms with Crippen LogP contribution in [0.15, 0.2) is 10.5 Å². The predicted octanol–water partition coefficient (Wildman–Crippen LogP) is 1.99. The Morgan fingerprint density at radius 1 is 1.12 bits per heavy atom. The Hall–Kier alpha value is -1.53. The minimum absolute atomic E-state index is 0. The van der Waals surface area contributed by atoms with Crippen LogP contribution in [0.4, 0.5) is 0 Å². The van der Waals surface area contributed by atoms with Crippen LogP contribution in [0.5, 0.6) is 0 Å². The zero-order chi connectivity index (χ0) is 17.6. The highest BCUT2D eigenvalue weighted by molar-refractivity contribution is 5.95. The molecule has 0 aromatic carbocycles. The Labute approximate surface area is 160 Å². The topological polar surface area (TPSA) is 65.8 Å². The molecule has 6 nitrogen and oxygen atoms in total. The second kappa shape index (κ2) is 7.24. The number of furan rings is 1. The number of hydrogen-bond acceptors (Lipinski definition) is 4. The van der Waals surface area contributed by atoms with Crippen LogP contribution in [0.1, 0.15) is 41.1 Å². The van der Waals surface area contributed by atoms with Crippen molar-refractivity contribution < 1.29 is 14.0 Å². The summed E-state index contributed by atoms with van der Waals surface area (Å²) in [6.45, 7) is 8.25. The van der Waals surface area contributed by atoms with Gasteiger partial charge in [-0.25, -0.2) is 0 Å². The van der Waals surface area contributed by atoms with Crippen molar-refractivity contribution in [3.05, 3.63) is 23.2 Å². The first kappa shape index (κ1) is 19.2. The monoisotopic (exact) mass is 381 g/mol. The molecule has 4 rings (SSSR count). The van der Waals surface area contributed by atoms with Crippen LogP contribution in [0.2, 0.25) is 0 Å². The molecule has 2 aliphatic heterocycles. The minimum Gasteiger partial charge on any atom is -0.466 e. The smallest absolute Gasteiger partial charge is 0.257 e. The second-order valence-corrected chi connectivity index (χ2v) is 7.81. The van der Waals surface area contributed by atoms with Gasteiger partial charge in [0, 0.05) is 32.1 Å². The van der Waals surface area contributed by atoms with Gasteiger partial charge in [0.1, 0.15) is 11.5 Å². The van der Waals surface area contributed by atoms with Crippen LogP contribution in [-0.4, -0.2) is 60.9 Å². The Kier molecular flexibility index (Phi) is 5.35. The average molecular weight is 382 g/mol. The lowest BCUT2D eigenvalue weighted by atomic mass is 9.91. The fourth-order valence-electron chi connectivity index (χ4n) is 4.54. The van der Waals surface area contributed by atoms with Crippen LogP contribution in [0.25, 0.3) is 0 Å². The number of nitrogens with zero attached hydrogens (tertiary/aromatic N) is 2. The summed E-state index contributed by atoms with van der Waals surface area (Å²) in [5.41, 5.74) is 0.925. The van der Waals surface area contributed by atoms with Crippen molar-refractivity contribution in [1.29, 1.82) is 0 Å². The molecule has 2 amide bonds.